The Morgan fingerprint density at radius 1 is 1.33 bits per heavy atom. The zero-order valence-electron chi connectivity index (χ0n) is 7.16. The van der Waals surface area contributed by atoms with Crippen molar-refractivity contribution in [2.45, 2.75) is 10.9 Å². The van der Waals surface area contributed by atoms with Gasteiger partial charge in [-0.3, -0.25) is 0 Å². The summed E-state index contributed by atoms with van der Waals surface area (Å²) < 4.78 is 0. The Bertz CT molecular complexity index is 233. The van der Waals surface area contributed by atoms with E-state index in [-0.39, 0.29) is 6.04 Å². The van der Waals surface area contributed by atoms with Gasteiger partial charge in [-0.15, -0.1) is 11.8 Å². The van der Waals surface area contributed by atoms with Gasteiger partial charge in [0.2, 0.25) is 0 Å². The number of hydrogen-bond donors (Lipinski definition) is 2. The predicted octanol–water partition coefficient (Wildman–Crippen LogP) is 1.37. The van der Waals surface area contributed by atoms with Crippen molar-refractivity contribution in [3.05, 3.63) is 29.8 Å². The van der Waals surface area contributed by atoms with E-state index in [0.29, 0.717) is 6.54 Å². The molecule has 0 spiro atoms. The molecule has 2 nitrogen and oxygen atoms in total. The molecule has 1 rings (SSSR count). The van der Waals surface area contributed by atoms with Crippen molar-refractivity contribution in [1.29, 1.82) is 0 Å². The molecule has 0 unspecified atom stereocenters. The quantitative estimate of drug-likeness (QED) is 0.694. The number of hydrogen-bond acceptors (Lipinski definition) is 3. The normalized spacial score (nSPS) is 12.9. The molecule has 0 saturated carbocycles. The van der Waals surface area contributed by atoms with Gasteiger partial charge >= 0.3 is 0 Å². The van der Waals surface area contributed by atoms with Crippen LogP contribution in [0.2, 0.25) is 0 Å². The second-order valence-electron chi connectivity index (χ2n) is 2.62. The summed E-state index contributed by atoms with van der Waals surface area (Å²) in [5, 5.41) is 0. The molecule has 0 aliphatic heterocycles. The first-order chi connectivity index (χ1) is 5.77. The van der Waals surface area contributed by atoms with Crippen LogP contribution in [0.5, 0.6) is 0 Å². The predicted molar refractivity (Wildman–Crippen MR) is 54.2 cm³/mol. The Balaban J connectivity index is 2.77. The number of benzene rings is 1. The van der Waals surface area contributed by atoms with Crippen LogP contribution in [-0.4, -0.2) is 12.8 Å². The van der Waals surface area contributed by atoms with Crippen LogP contribution in [0.3, 0.4) is 0 Å². The van der Waals surface area contributed by atoms with Crippen molar-refractivity contribution in [2.24, 2.45) is 11.5 Å². The molecule has 66 valence electrons. The highest BCUT2D eigenvalue weighted by Gasteiger charge is 2.01. The summed E-state index contributed by atoms with van der Waals surface area (Å²) in [5.41, 5.74) is 12.3. The number of nitrogens with two attached hydrogens (primary N) is 2. The number of rotatable bonds is 3. The fourth-order valence-corrected chi connectivity index (χ4v) is 1.40. The molecule has 0 aromatic heterocycles. The third kappa shape index (κ3) is 2.24. The molecule has 1 atom stereocenters. The van der Waals surface area contributed by atoms with Gasteiger partial charge in [0.1, 0.15) is 0 Å². The zero-order valence-corrected chi connectivity index (χ0v) is 7.97. The lowest BCUT2D eigenvalue weighted by atomic mass is 10.1. The van der Waals surface area contributed by atoms with Crippen molar-refractivity contribution in [3.63, 3.8) is 0 Å². The summed E-state index contributed by atoms with van der Waals surface area (Å²) in [4.78, 5) is 1.25. The van der Waals surface area contributed by atoms with Crippen LogP contribution in [0.4, 0.5) is 0 Å². The van der Waals surface area contributed by atoms with Gasteiger partial charge in [-0.25, -0.2) is 0 Å². The Morgan fingerprint density at radius 2 is 1.92 bits per heavy atom. The molecule has 0 amide bonds. The van der Waals surface area contributed by atoms with Gasteiger partial charge in [-0.2, -0.15) is 0 Å². The molecule has 4 N–H and O–H groups in total. The standard InChI is InChI=1S/C9H14N2S/c1-12-8-4-2-7(3-5-8)9(11)6-10/h2-5,9H,6,10-11H2,1H3/t9-/m1/s1. The first kappa shape index (κ1) is 9.58. The topological polar surface area (TPSA) is 52.0 Å². The fraction of sp³-hybridized carbons (Fsp3) is 0.333. The smallest absolute Gasteiger partial charge is 0.0419 e. The molecule has 0 radical (unpaired) electrons. The summed E-state index contributed by atoms with van der Waals surface area (Å²) in [7, 11) is 0. The van der Waals surface area contributed by atoms with Crippen LogP contribution in [0.25, 0.3) is 0 Å². The molecule has 0 fully saturated rings. The monoisotopic (exact) mass is 182 g/mol. The van der Waals surface area contributed by atoms with Crippen molar-refractivity contribution in [2.75, 3.05) is 12.8 Å². The van der Waals surface area contributed by atoms with Crippen LogP contribution in [0.15, 0.2) is 29.2 Å². The Morgan fingerprint density at radius 3 is 2.33 bits per heavy atom. The lowest BCUT2D eigenvalue weighted by molar-refractivity contribution is 0.736. The van der Waals surface area contributed by atoms with E-state index in [1.807, 2.05) is 12.1 Å². The first-order valence-electron chi connectivity index (χ1n) is 3.87. The Labute approximate surface area is 77.3 Å². The Kier molecular flexibility index (Phi) is 3.59. The van der Waals surface area contributed by atoms with E-state index >= 15 is 0 Å². The van der Waals surface area contributed by atoms with Gasteiger partial charge < -0.3 is 11.5 Å². The molecular formula is C9H14N2S. The molecular weight excluding hydrogens is 168 g/mol. The van der Waals surface area contributed by atoms with Crippen molar-refractivity contribution in [3.8, 4) is 0 Å². The van der Waals surface area contributed by atoms with Gasteiger partial charge in [0, 0.05) is 17.5 Å². The lowest BCUT2D eigenvalue weighted by Gasteiger charge is -2.08. The molecule has 0 saturated heterocycles. The summed E-state index contributed by atoms with van der Waals surface area (Å²) >= 11 is 1.72. The average Bonchev–Trinajstić information content (AvgIpc) is 2.17. The van der Waals surface area contributed by atoms with E-state index in [2.05, 4.69) is 18.4 Å². The fourth-order valence-electron chi connectivity index (χ4n) is 0.987. The molecule has 0 heterocycles. The second kappa shape index (κ2) is 4.50. The van der Waals surface area contributed by atoms with Crippen LogP contribution < -0.4 is 11.5 Å². The molecule has 0 aliphatic carbocycles. The molecule has 1 aromatic rings. The average molecular weight is 182 g/mol. The summed E-state index contributed by atoms with van der Waals surface area (Å²) in [6.45, 7) is 0.499. The lowest BCUT2D eigenvalue weighted by Crippen LogP contribution is -2.20. The molecule has 1 aromatic carbocycles. The van der Waals surface area contributed by atoms with E-state index in [4.69, 9.17) is 11.5 Å². The van der Waals surface area contributed by atoms with Crippen LogP contribution in [0, 0.1) is 0 Å². The van der Waals surface area contributed by atoms with Gasteiger partial charge in [-0.05, 0) is 24.0 Å². The van der Waals surface area contributed by atoms with Crippen LogP contribution in [0.1, 0.15) is 11.6 Å². The van der Waals surface area contributed by atoms with E-state index in [1.54, 1.807) is 11.8 Å². The highest BCUT2D eigenvalue weighted by molar-refractivity contribution is 7.98. The minimum atomic E-state index is -0.0269. The SMILES string of the molecule is CSc1ccc([C@H](N)CN)cc1. The minimum Gasteiger partial charge on any atom is -0.329 e. The maximum atomic E-state index is 5.75. The van der Waals surface area contributed by atoms with E-state index in [0.717, 1.165) is 5.56 Å². The first-order valence-corrected chi connectivity index (χ1v) is 5.10. The Hall–Kier alpha value is -0.510. The summed E-state index contributed by atoms with van der Waals surface area (Å²) in [6, 6.07) is 8.17. The third-order valence-corrected chi connectivity index (χ3v) is 2.54. The highest BCUT2D eigenvalue weighted by Crippen LogP contribution is 2.17. The summed E-state index contributed by atoms with van der Waals surface area (Å²) in [5.74, 6) is 0. The minimum absolute atomic E-state index is 0.0269. The van der Waals surface area contributed by atoms with Gasteiger partial charge in [-0.1, -0.05) is 12.1 Å². The molecule has 3 heteroatoms. The number of thioether (sulfide) groups is 1. The van der Waals surface area contributed by atoms with E-state index < -0.39 is 0 Å². The zero-order chi connectivity index (χ0) is 8.97. The maximum Gasteiger partial charge on any atom is 0.0419 e. The van der Waals surface area contributed by atoms with Gasteiger partial charge in [0.05, 0.1) is 0 Å². The maximum absolute atomic E-state index is 5.75. The summed E-state index contributed by atoms with van der Waals surface area (Å²) in [6.07, 6.45) is 2.05. The van der Waals surface area contributed by atoms with Crippen LogP contribution >= 0.6 is 11.8 Å². The molecule has 0 bridgehead atoms. The van der Waals surface area contributed by atoms with Crippen molar-refractivity contribution in [1.82, 2.24) is 0 Å². The van der Waals surface area contributed by atoms with Crippen LogP contribution in [-0.2, 0) is 0 Å². The van der Waals surface area contributed by atoms with Gasteiger partial charge in [0.15, 0.2) is 0 Å². The van der Waals surface area contributed by atoms with Gasteiger partial charge in [0.25, 0.3) is 0 Å². The molecule has 12 heavy (non-hydrogen) atoms. The van der Waals surface area contributed by atoms with E-state index in [9.17, 15) is 0 Å². The van der Waals surface area contributed by atoms with Crippen molar-refractivity contribution >= 4 is 11.8 Å². The molecule has 0 aliphatic rings. The second-order valence-corrected chi connectivity index (χ2v) is 3.50. The third-order valence-electron chi connectivity index (χ3n) is 1.80. The van der Waals surface area contributed by atoms with Crippen molar-refractivity contribution < 1.29 is 0 Å². The highest BCUT2D eigenvalue weighted by atomic mass is 32.2. The van der Waals surface area contributed by atoms with E-state index in [1.165, 1.54) is 4.90 Å². The largest absolute Gasteiger partial charge is 0.329 e.